The number of carbonyl (C=O) groups excluding carboxylic acids is 2. The van der Waals surface area contributed by atoms with Gasteiger partial charge in [0.15, 0.2) is 5.78 Å². The van der Waals surface area contributed by atoms with Crippen LogP contribution in [0.3, 0.4) is 0 Å². The molecule has 3 aromatic rings. The Kier molecular flexibility index (Phi) is 5.27. The molecule has 7 heteroatoms. The number of aryl methyl sites for hydroxylation is 1. The summed E-state index contributed by atoms with van der Waals surface area (Å²) in [6.07, 6.45) is 0. The summed E-state index contributed by atoms with van der Waals surface area (Å²) in [6.45, 7) is 3.13. The van der Waals surface area contributed by atoms with E-state index in [9.17, 15) is 14.0 Å². The Morgan fingerprint density at radius 3 is 2.65 bits per heavy atom. The summed E-state index contributed by atoms with van der Waals surface area (Å²) in [7, 11) is 0. The van der Waals surface area contributed by atoms with Crippen LogP contribution in [0.15, 0.2) is 47.5 Å². The Balaban J connectivity index is 1.78. The van der Waals surface area contributed by atoms with Crippen molar-refractivity contribution in [1.82, 2.24) is 9.97 Å². The first-order chi connectivity index (χ1) is 12.4. The van der Waals surface area contributed by atoms with Crippen molar-refractivity contribution in [3.63, 3.8) is 0 Å². The molecule has 1 heterocycles. The maximum atomic E-state index is 14.2. The number of fused-ring (bicyclic) bond motifs is 1. The van der Waals surface area contributed by atoms with Gasteiger partial charge in [-0.2, -0.15) is 0 Å². The van der Waals surface area contributed by atoms with E-state index in [0.29, 0.717) is 16.5 Å². The molecular formula is C19H16FN3O2S. The molecular weight excluding hydrogens is 353 g/mol. The lowest BCUT2D eigenvalue weighted by Crippen LogP contribution is -2.09. The quantitative estimate of drug-likeness (QED) is 0.418. The molecule has 0 aliphatic heterocycles. The number of aromatic nitrogens is 2. The predicted molar refractivity (Wildman–Crippen MR) is 100 cm³/mol. The number of ketones is 1. The lowest BCUT2D eigenvalue weighted by Gasteiger charge is -2.08. The van der Waals surface area contributed by atoms with Crippen LogP contribution in [0.5, 0.6) is 0 Å². The Bertz CT molecular complexity index is 1010. The minimum absolute atomic E-state index is 0.0123. The van der Waals surface area contributed by atoms with E-state index < -0.39 is 5.82 Å². The first kappa shape index (κ1) is 18.0. The number of benzene rings is 2. The van der Waals surface area contributed by atoms with E-state index >= 15 is 0 Å². The van der Waals surface area contributed by atoms with Gasteiger partial charge in [-0.25, -0.2) is 14.4 Å². The third-order valence-corrected chi connectivity index (χ3v) is 4.60. The molecule has 0 aliphatic rings. The summed E-state index contributed by atoms with van der Waals surface area (Å²) in [4.78, 5) is 32.2. The molecule has 0 aliphatic carbocycles. The second kappa shape index (κ2) is 7.61. The van der Waals surface area contributed by atoms with Crippen LogP contribution in [0, 0.1) is 12.7 Å². The van der Waals surface area contributed by atoms with Crippen molar-refractivity contribution in [3.05, 3.63) is 59.7 Å². The van der Waals surface area contributed by atoms with Gasteiger partial charge in [0, 0.05) is 18.0 Å². The molecule has 5 nitrogen and oxygen atoms in total. The van der Waals surface area contributed by atoms with E-state index in [1.807, 2.05) is 24.3 Å². The van der Waals surface area contributed by atoms with Crippen LogP contribution >= 0.6 is 11.8 Å². The SMILES string of the molecule is CC(=O)Nc1ccc(C(=O)CSc2nc(C)nc3ccccc23)c(F)c1. The van der Waals surface area contributed by atoms with E-state index in [1.54, 1.807) is 6.92 Å². The first-order valence-corrected chi connectivity index (χ1v) is 8.89. The number of nitrogens with zero attached hydrogens (tertiary/aromatic N) is 2. The van der Waals surface area contributed by atoms with Crippen LogP contribution in [0.2, 0.25) is 0 Å². The minimum Gasteiger partial charge on any atom is -0.326 e. The molecule has 1 aromatic heterocycles. The molecule has 0 radical (unpaired) electrons. The Morgan fingerprint density at radius 1 is 1.15 bits per heavy atom. The zero-order chi connectivity index (χ0) is 18.7. The normalized spacial score (nSPS) is 10.7. The number of nitrogens with one attached hydrogen (secondary N) is 1. The van der Waals surface area contributed by atoms with Crippen molar-refractivity contribution < 1.29 is 14.0 Å². The van der Waals surface area contributed by atoms with Gasteiger partial charge in [0.05, 0.1) is 16.8 Å². The van der Waals surface area contributed by atoms with Crippen LogP contribution < -0.4 is 5.32 Å². The number of rotatable bonds is 5. The molecule has 0 saturated heterocycles. The van der Waals surface area contributed by atoms with E-state index in [2.05, 4.69) is 15.3 Å². The van der Waals surface area contributed by atoms with Gasteiger partial charge in [0.1, 0.15) is 16.7 Å². The van der Waals surface area contributed by atoms with Crippen molar-refractivity contribution in [1.29, 1.82) is 0 Å². The van der Waals surface area contributed by atoms with Crippen LogP contribution in [0.4, 0.5) is 10.1 Å². The third-order valence-electron chi connectivity index (χ3n) is 3.61. The van der Waals surface area contributed by atoms with Gasteiger partial charge in [0.25, 0.3) is 0 Å². The van der Waals surface area contributed by atoms with E-state index in [0.717, 1.165) is 17.0 Å². The highest BCUT2D eigenvalue weighted by atomic mass is 32.2. The smallest absolute Gasteiger partial charge is 0.221 e. The lowest BCUT2D eigenvalue weighted by atomic mass is 10.1. The average molecular weight is 369 g/mol. The highest BCUT2D eigenvalue weighted by Crippen LogP contribution is 2.26. The van der Waals surface area contributed by atoms with Crippen molar-refractivity contribution in [3.8, 4) is 0 Å². The fraction of sp³-hybridized carbons (Fsp3) is 0.158. The summed E-state index contributed by atoms with van der Waals surface area (Å²) in [5.74, 6) is -0.640. The Hall–Kier alpha value is -2.80. The molecule has 0 bridgehead atoms. The number of anilines is 1. The number of thioether (sulfide) groups is 1. The molecule has 0 unspecified atom stereocenters. The maximum absolute atomic E-state index is 14.2. The molecule has 132 valence electrons. The maximum Gasteiger partial charge on any atom is 0.221 e. The van der Waals surface area contributed by atoms with Gasteiger partial charge < -0.3 is 5.32 Å². The van der Waals surface area contributed by atoms with Gasteiger partial charge in [-0.05, 0) is 31.2 Å². The van der Waals surface area contributed by atoms with E-state index in [-0.39, 0.29) is 23.0 Å². The second-order valence-electron chi connectivity index (χ2n) is 5.68. The van der Waals surface area contributed by atoms with Crippen molar-refractivity contribution in [2.45, 2.75) is 18.9 Å². The van der Waals surface area contributed by atoms with Crippen molar-refractivity contribution in [2.24, 2.45) is 0 Å². The third kappa shape index (κ3) is 4.05. The summed E-state index contributed by atoms with van der Waals surface area (Å²) < 4.78 is 14.2. The van der Waals surface area contributed by atoms with Gasteiger partial charge in [-0.15, -0.1) is 0 Å². The van der Waals surface area contributed by atoms with Gasteiger partial charge >= 0.3 is 0 Å². The van der Waals surface area contributed by atoms with Gasteiger partial charge in [-0.3, -0.25) is 9.59 Å². The number of halogens is 1. The number of hydrogen-bond acceptors (Lipinski definition) is 5. The second-order valence-corrected chi connectivity index (χ2v) is 6.64. The van der Waals surface area contributed by atoms with Crippen LogP contribution in [-0.4, -0.2) is 27.4 Å². The highest BCUT2D eigenvalue weighted by Gasteiger charge is 2.15. The number of Topliss-reactive ketones (excluding diaryl/α,β-unsaturated/α-hetero) is 1. The number of para-hydroxylation sites is 1. The fourth-order valence-corrected chi connectivity index (χ4v) is 3.45. The topological polar surface area (TPSA) is 72.0 Å². The van der Waals surface area contributed by atoms with E-state index in [4.69, 9.17) is 0 Å². The molecule has 0 atom stereocenters. The zero-order valence-electron chi connectivity index (χ0n) is 14.2. The summed E-state index contributed by atoms with van der Waals surface area (Å²) in [5, 5.41) is 4.03. The molecule has 2 aromatic carbocycles. The summed E-state index contributed by atoms with van der Waals surface area (Å²) in [6, 6.07) is 11.6. The van der Waals surface area contributed by atoms with Crippen molar-refractivity contribution in [2.75, 3.05) is 11.1 Å². The average Bonchev–Trinajstić information content (AvgIpc) is 2.58. The Morgan fingerprint density at radius 2 is 1.92 bits per heavy atom. The molecule has 0 saturated carbocycles. The Labute approximate surface area is 154 Å². The van der Waals surface area contributed by atoms with Crippen LogP contribution in [0.1, 0.15) is 23.1 Å². The molecule has 1 amide bonds. The van der Waals surface area contributed by atoms with Crippen molar-refractivity contribution >= 4 is 40.0 Å². The number of hydrogen-bond donors (Lipinski definition) is 1. The number of amides is 1. The molecule has 3 rings (SSSR count). The molecule has 26 heavy (non-hydrogen) atoms. The minimum atomic E-state index is -0.662. The summed E-state index contributed by atoms with van der Waals surface area (Å²) >= 11 is 1.25. The largest absolute Gasteiger partial charge is 0.326 e. The first-order valence-electron chi connectivity index (χ1n) is 7.90. The monoisotopic (exact) mass is 369 g/mol. The highest BCUT2D eigenvalue weighted by molar-refractivity contribution is 8.00. The standard InChI is InChI=1S/C19H16FN3O2S/c1-11-21-17-6-4-3-5-15(17)19(22-11)26-10-18(25)14-8-7-13(9-16(14)20)23-12(2)24/h3-9H,10H2,1-2H3,(H,23,24). The molecule has 1 N–H and O–H groups in total. The van der Waals surface area contributed by atoms with Gasteiger partial charge in [0.2, 0.25) is 5.91 Å². The molecule has 0 spiro atoms. The predicted octanol–water partition coefficient (Wildman–Crippen LogP) is 4.01. The lowest BCUT2D eigenvalue weighted by molar-refractivity contribution is -0.114. The zero-order valence-corrected chi connectivity index (χ0v) is 15.1. The number of carbonyl (C=O) groups is 2. The fourth-order valence-electron chi connectivity index (χ4n) is 2.50. The molecule has 0 fully saturated rings. The van der Waals surface area contributed by atoms with E-state index in [1.165, 1.54) is 30.8 Å². The van der Waals surface area contributed by atoms with Gasteiger partial charge in [-0.1, -0.05) is 30.0 Å². The summed E-state index contributed by atoms with van der Waals surface area (Å²) in [5.41, 5.74) is 1.11. The van der Waals surface area contributed by atoms with Crippen LogP contribution in [0.25, 0.3) is 10.9 Å². The van der Waals surface area contributed by atoms with Crippen LogP contribution in [-0.2, 0) is 4.79 Å².